The van der Waals surface area contributed by atoms with Gasteiger partial charge in [0.1, 0.15) is 17.3 Å². The normalized spacial score (nSPS) is 13.3. The highest BCUT2D eigenvalue weighted by Gasteiger charge is 2.28. The van der Waals surface area contributed by atoms with Gasteiger partial charge in [-0.15, -0.1) is 5.10 Å². The lowest BCUT2D eigenvalue weighted by molar-refractivity contribution is -0.116. The minimum atomic E-state index is -0.177. The number of ether oxygens (including phenoxy) is 1. The molecule has 0 unspecified atom stereocenters. The van der Waals surface area contributed by atoms with Crippen molar-refractivity contribution in [2.45, 2.75) is 38.6 Å². The molecule has 1 fully saturated rings. The minimum absolute atomic E-state index is 0.0323. The summed E-state index contributed by atoms with van der Waals surface area (Å²) in [7, 11) is 1.56. The molecule has 0 radical (unpaired) electrons. The highest BCUT2D eigenvalue weighted by molar-refractivity contribution is 5.91. The fraction of sp³-hybridized carbons (Fsp3) is 0.304. The van der Waals surface area contributed by atoms with Gasteiger partial charge in [-0.2, -0.15) is 4.68 Å². The van der Waals surface area contributed by atoms with Crippen LogP contribution in [-0.2, 0) is 11.2 Å². The minimum Gasteiger partial charge on any atom is -0.494 e. The Balaban J connectivity index is 1.36. The molecule has 0 atom stereocenters. The number of benzene rings is 2. The summed E-state index contributed by atoms with van der Waals surface area (Å²) >= 11 is 0. The fourth-order valence-electron chi connectivity index (χ4n) is 3.91. The first-order chi connectivity index (χ1) is 16.0. The van der Waals surface area contributed by atoms with Crippen LogP contribution in [0.15, 0.2) is 47.3 Å². The summed E-state index contributed by atoms with van der Waals surface area (Å²) in [6.07, 6.45) is 2.49. The quantitative estimate of drug-likeness (QED) is 0.465. The highest BCUT2D eigenvalue weighted by Crippen LogP contribution is 2.35. The molecule has 0 aliphatic heterocycles. The molecule has 2 heterocycles. The predicted octanol–water partition coefficient (Wildman–Crippen LogP) is 2.60. The Bertz CT molecular complexity index is 1400. The van der Waals surface area contributed by atoms with Gasteiger partial charge in [0.05, 0.1) is 18.0 Å². The van der Waals surface area contributed by atoms with Crippen LogP contribution >= 0.6 is 0 Å². The number of carbonyl (C=O) groups is 1. The Hall–Kier alpha value is -4.08. The molecule has 33 heavy (non-hydrogen) atoms. The third kappa shape index (κ3) is 4.07. The number of para-hydroxylation sites is 1. The molecular formula is C23H23N7O3. The van der Waals surface area contributed by atoms with Crippen LogP contribution in [-0.4, -0.2) is 42.8 Å². The van der Waals surface area contributed by atoms with Gasteiger partial charge < -0.3 is 10.1 Å². The van der Waals surface area contributed by atoms with Gasteiger partial charge in [-0.3, -0.25) is 14.2 Å². The smallest absolute Gasteiger partial charge is 0.261 e. The third-order valence-corrected chi connectivity index (χ3v) is 5.68. The predicted molar refractivity (Wildman–Crippen MR) is 122 cm³/mol. The van der Waals surface area contributed by atoms with E-state index in [9.17, 15) is 9.59 Å². The molecule has 2 aromatic heterocycles. The van der Waals surface area contributed by atoms with E-state index in [1.54, 1.807) is 47.5 Å². The molecule has 5 rings (SSSR count). The maximum Gasteiger partial charge on any atom is 0.261 e. The van der Waals surface area contributed by atoms with Gasteiger partial charge in [0, 0.05) is 24.6 Å². The van der Waals surface area contributed by atoms with E-state index >= 15 is 0 Å². The SMILES string of the molecule is COc1ccc(NC(=O)CCc2nc3ccccc3c(=O)n2C2CC2)cc1-n1nnnc1C. The number of anilines is 1. The van der Waals surface area contributed by atoms with Crippen LogP contribution in [0, 0.1) is 6.92 Å². The van der Waals surface area contributed by atoms with Crippen LogP contribution in [0.3, 0.4) is 0 Å². The van der Waals surface area contributed by atoms with Gasteiger partial charge in [0.2, 0.25) is 5.91 Å². The second-order valence-corrected chi connectivity index (χ2v) is 8.02. The standard InChI is InChI=1S/C23H23N7O3/c1-14-26-27-28-30(14)19-13-15(7-10-20(19)33-2)24-22(31)12-11-21-25-18-6-4-3-5-17(18)23(32)29(21)16-8-9-16/h3-7,10,13,16H,8-9,11-12H2,1-2H3,(H,24,31). The van der Waals surface area contributed by atoms with Crippen LogP contribution in [0.5, 0.6) is 5.75 Å². The average molecular weight is 445 g/mol. The molecule has 10 heteroatoms. The van der Waals surface area contributed by atoms with Crippen molar-refractivity contribution < 1.29 is 9.53 Å². The molecule has 1 saturated carbocycles. The van der Waals surface area contributed by atoms with Gasteiger partial charge >= 0.3 is 0 Å². The van der Waals surface area contributed by atoms with Gasteiger partial charge in [0.15, 0.2) is 5.82 Å². The zero-order valence-electron chi connectivity index (χ0n) is 18.4. The largest absolute Gasteiger partial charge is 0.494 e. The highest BCUT2D eigenvalue weighted by atomic mass is 16.5. The summed E-state index contributed by atoms with van der Waals surface area (Å²) in [5, 5.41) is 15.1. The molecule has 1 N–H and O–H groups in total. The van der Waals surface area contributed by atoms with Gasteiger partial charge in [-0.25, -0.2) is 4.98 Å². The number of fused-ring (bicyclic) bond motifs is 1. The number of aromatic nitrogens is 6. The number of hydrogen-bond acceptors (Lipinski definition) is 7. The molecule has 0 bridgehead atoms. The van der Waals surface area contributed by atoms with Crippen molar-refractivity contribution in [3.8, 4) is 11.4 Å². The number of nitrogens with zero attached hydrogens (tertiary/aromatic N) is 6. The van der Waals surface area contributed by atoms with Gasteiger partial charge in [-0.05, 0) is 60.5 Å². The Morgan fingerprint density at radius 2 is 2.03 bits per heavy atom. The molecule has 1 aliphatic rings. The summed E-state index contributed by atoms with van der Waals surface area (Å²) < 4.78 is 8.72. The van der Waals surface area contributed by atoms with Crippen LogP contribution in [0.4, 0.5) is 5.69 Å². The van der Waals surface area contributed by atoms with Crippen LogP contribution < -0.4 is 15.6 Å². The first kappa shape index (κ1) is 20.8. The fourth-order valence-corrected chi connectivity index (χ4v) is 3.91. The second kappa shape index (κ2) is 8.45. The number of nitrogens with one attached hydrogen (secondary N) is 1. The van der Waals surface area contributed by atoms with Crippen molar-refractivity contribution in [1.82, 2.24) is 29.8 Å². The average Bonchev–Trinajstić information content (AvgIpc) is 3.57. The summed E-state index contributed by atoms with van der Waals surface area (Å²) in [6.45, 7) is 1.78. The molecule has 1 aliphatic carbocycles. The maximum atomic E-state index is 13.0. The number of methoxy groups -OCH3 is 1. The summed E-state index contributed by atoms with van der Waals surface area (Å²) in [5.41, 5.74) is 1.84. The van der Waals surface area contributed by atoms with Crippen molar-refractivity contribution in [3.63, 3.8) is 0 Å². The van der Waals surface area contributed by atoms with E-state index in [0.29, 0.717) is 46.1 Å². The van der Waals surface area contributed by atoms with Crippen LogP contribution in [0.25, 0.3) is 16.6 Å². The summed E-state index contributed by atoms with van der Waals surface area (Å²) in [6, 6.07) is 12.8. The van der Waals surface area contributed by atoms with Crippen LogP contribution in [0.1, 0.15) is 37.0 Å². The summed E-state index contributed by atoms with van der Waals surface area (Å²) in [4.78, 5) is 30.4. The monoisotopic (exact) mass is 445 g/mol. The Morgan fingerprint density at radius 3 is 2.76 bits per heavy atom. The Labute approximate surface area is 189 Å². The molecule has 10 nitrogen and oxygen atoms in total. The molecule has 0 saturated heterocycles. The number of tetrazole rings is 1. The van der Waals surface area contributed by atoms with E-state index in [2.05, 4.69) is 20.8 Å². The van der Waals surface area contributed by atoms with E-state index in [-0.39, 0.29) is 23.9 Å². The lowest BCUT2D eigenvalue weighted by Gasteiger charge is -2.14. The lowest BCUT2D eigenvalue weighted by atomic mass is 10.2. The van der Waals surface area contributed by atoms with Gasteiger partial charge in [0.25, 0.3) is 5.56 Å². The maximum absolute atomic E-state index is 13.0. The zero-order chi connectivity index (χ0) is 22.9. The first-order valence-electron chi connectivity index (χ1n) is 10.8. The topological polar surface area (TPSA) is 117 Å². The molecular weight excluding hydrogens is 422 g/mol. The summed E-state index contributed by atoms with van der Waals surface area (Å²) in [5.74, 6) is 1.65. The van der Waals surface area contributed by atoms with Crippen molar-refractivity contribution >= 4 is 22.5 Å². The molecule has 4 aromatic rings. The number of amides is 1. The Morgan fingerprint density at radius 1 is 1.21 bits per heavy atom. The third-order valence-electron chi connectivity index (χ3n) is 5.68. The molecule has 0 spiro atoms. The van der Waals surface area contributed by atoms with E-state index in [1.165, 1.54) is 0 Å². The first-order valence-corrected chi connectivity index (χ1v) is 10.8. The van der Waals surface area contributed by atoms with Crippen molar-refractivity contribution in [1.29, 1.82) is 0 Å². The van der Waals surface area contributed by atoms with E-state index in [0.717, 1.165) is 12.8 Å². The Kier molecular flexibility index (Phi) is 5.33. The zero-order valence-corrected chi connectivity index (χ0v) is 18.4. The number of aryl methyl sites for hydroxylation is 2. The van der Waals surface area contributed by atoms with Crippen molar-refractivity contribution in [3.05, 3.63) is 64.5 Å². The molecule has 1 amide bonds. The van der Waals surface area contributed by atoms with E-state index in [4.69, 9.17) is 9.72 Å². The molecule has 168 valence electrons. The lowest BCUT2D eigenvalue weighted by Crippen LogP contribution is -2.25. The van der Waals surface area contributed by atoms with Crippen molar-refractivity contribution in [2.75, 3.05) is 12.4 Å². The van der Waals surface area contributed by atoms with Gasteiger partial charge in [-0.1, -0.05) is 12.1 Å². The number of carbonyl (C=O) groups excluding carboxylic acids is 1. The number of rotatable bonds is 7. The van der Waals surface area contributed by atoms with E-state index < -0.39 is 0 Å². The molecule has 2 aromatic carbocycles. The number of hydrogen-bond donors (Lipinski definition) is 1. The van der Waals surface area contributed by atoms with E-state index in [1.807, 2.05) is 18.2 Å². The van der Waals surface area contributed by atoms with Crippen LogP contribution in [0.2, 0.25) is 0 Å². The van der Waals surface area contributed by atoms with Crippen molar-refractivity contribution in [2.24, 2.45) is 0 Å². The second-order valence-electron chi connectivity index (χ2n) is 8.02.